The molecule has 0 radical (unpaired) electrons. The van der Waals surface area contributed by atoms with Crippen LogP contribution in [0, 0.1) is 0 Å². The number of nitrogens with one attached hydrogen (secondary N) is 2. The minimum absolute atomic E-state index is 0.0911. The first-order chi connectivity index (χ1) is 9.08. The topological polar surface area (TPSA) is 75.6 Å². The van der Waals surface area contributed by atoms with Gasteiger partial charge in [0.25, 0.3) is 5.91 Å². The maximum Gasteiger partial charge on any atom is 0.253 e. The van der Waals surface area contributed by atoms with Crippen LogP contribution in [0.3, 0.4) is 0 Å². The summed E-state index contributed by atoms with van der Waals surface area (Å²) in [5.41, 5.74) is 2.97. The molecule has 19 heavy (non-hydrogen) atoms. The van der Waals surface area contributed by atoms with Crippen molar-refractivity contribution in [2.45, 2.75) is 19.9 Å². The number of pyridine rings is 1. The second-order valence-corrected chi connectivity index (χ2v) is 4.90. The van der Waals surface area contributed by atoms with Crippen molar-refractivity contribution in [3.63, 3.8) is 0 Å². The molecule has 3 heterocycles. The van der Waals surface area contributed by atoms with Crippen LogP contribution in [0.2, 0.25) is 0 Å². The fourth-order valence-electron chi connectivity index (χ4n) is 2.18. The van der Waals surface area contributed by atoms with Crippen molar-refractivity contribution in [2.24, 2.45) is 7.05 Å². The largest absolute Gasteiger partial charge is 0.350 e. The molecule has 2 N–H and O–H groups in total. The van der Waals surface area contributed by atoms with E-state index in [2.05, 4.69) is 20.3 Å². The number of imidazole rings is 1. The number of carbonyl (C=O) groups excluding carboxylic acids is 1. The third-order valence-electron chi connectivity index (χ3n) is 3.06. The first-order valence-electron chi connectivity index (χ1n) is 6.16. The number of rotatable bonds is 2. The summed E-state index contributed by atoms with van der Waals surface area (Å²) in [7, 11) is 1.91. The Bertz CT molecular complexity index is 768. The highest BCUT2D eigenvalue weighted by atomic mass is 16.1. The molecule has 6 nitrogen and oxygen atoms in total. The number of nitrogens with zero attached hydrogens (tertiary/aromatic N) is 3. The maximum absolute atomic E-state index is 12.2. The fraction of sp³-hybridized carbons (Fsp3) is 0.308. The summed E-state index contributed by atoms with van der Waals surface area (Å²) in [6, 6.07) is 0.0911. The highest BCUT2D eigenvalue weighted by molar-refractivity contribution is 6.14. The van der Waals surface area contributed by atoms with Crippen LogP contribution in [0.15, 0.2) is 18.7 Å². The molecular weight excluding hydrogens is 242 g/mol. The molecule has 3 rings (SSSR count). The number of fused-ring (bicyclic) bond motifs is 3. The number of carbonyl (C=O) groups is 1. The third-order valence-corrected chi connectivity index (χ3v) is 3.06. The van der Waals surface area contributed by atoms with Gasteiger partial charge in [-0.3, -0.25) is 4.79 Å². The van der Waals surface area contributed by atoms with Crippen molar-refractivity contribution < 1.29 is 4.79 Å². The van der Waals surface area contributed by atoms with E-state index in [1.54, 1.807) is 18.7 Å². The smallest absolute Gasteiger partial charge is 0.253 e. The molecule has 0 saturated carbocycles. The number of H-pyrrole nitrogens is 1. The Morgan fingerprint density at radius 1 is 1.42 bits per heavy atom. The number of aryl methyl sites for hydroxylation is 1. The zero-order valence-electron chi connectivity index (χ0n) is 11.1. The van der Waals surface area contributed by atoms with Gasteiger partial charge in [-0.1, -0.05) is 0 Å². The SMILES string of the molecule is CC(C)NC(=O)c1c[nH]c2ncc3c(ncn3C)c12. The molecule has 0 spiro atoms. The molecule has 0 atom stereocenters. The van der Waals surface area contributed by atoms with E-state index in [4.69, 9.17) is 0 Å². The Morgan fingerprint density at radius 3 is 2.95 bits per heavy atom. The van der Waals surface area contributed by atoms with Gasteiger partial charge in [0.2, 0.25) is 0 Å². The van der Waals surface area contributed by atoms with Gasteiger partial charge < -0.3 is 14.9 Å². The average Bonchev–Trinajstić information content (AvgIpc) is 2.92. The summed E-state index contributed by atoms with van der Waals surface area (Å²) in [5.74, 6) is -0.110. The van der Waals surface area contributed by atoms with E-state index in [1.165, 1.54) is 0 Å². The summed E-state index contributed by atoms with van der Waals surface area (Å²) < 4.78 is 1.89. The van der Waals surface area contributed by atoms with Crippen molar-refractivity contribution in [2.75, 3.05) is 0 Å². The Morgan fingerprint density at radius 2 is 2.21 bits per heavy atom. The molecule has 1 amide bonds. The van der Waals surface area contributed by atoms with Crippen LogP contribution in [-0.2, 0) is 7.05 Å². The number of aromatic nitrogens is 4. The fourth-order valence-corrected chi connectivity index (χ4v) is 2.18. The van der Waals surface area contributed by atoms with Crippen LogP contribution < -0.4 is 5.32 Å². The molecule has 0 aliphatic heterocycles. The zero-order valence-corrected chi connectivity index (χ0v) is 11.1. The lowest BCUT2D eigenvalue weighted by atomic mass is 10.2. The van der Waals surface area contributed by atoms with E-state index >= 15 is 0 Å². The van der Waals surface area contributed by atoms with E-state index in [1.807, 2.05) is 25.5 Å². The van der Waals surface area contributed by atoms with Gasteiger partial charge in [-0.25, -0.2) is 9.97 Å². The van der Waals surface area contributed by atoms with E-state index in [0.29, 0.717) is 11.2 Å². The van der Waals surface area contributed by atoms with Gasteiger partial charge in [-0.2, -0.15) is 0 Å². The second kappa shape index (κ2) is 4.08. The maximum atomic E-state index is 12.2. The number of hydrogen-bond acceptors (Lipinski definition) is 3. The minimum Gasteiger partial charge on any atom is -0.350 e. The van der Waals surface area contributed by atoms with E-state index in [0.717, 1.165) is 16.4 Å². The lowest BCUT2D eigenvalue weighted by molar-refractivity contribution is 0.0945. The molecule has 98 valence electrons. The molecule has 0 aliphatic rings. The Balaban J connectivity index is 2.25. The van der Waals surface area contributed by atoms with Crippen LogP contribution >= 0.6 is 0 Å². The van der Waals surface area contributed by atoms with Gasteiger partial charge in [-0.15, -0.1) is 0 Å². The van der Waals surface area contributed by atoms with Crippen molar-refractivity contribution >= 4 is 28.0 Å². The van der Waals surface area contributed by atoms with Gasteiger partial charge in [0.1, 0.15) is 11.2 Å². The summed E-state index contributed by atoms with van der Waals surface area (Å²) in [6.07, 6.45) is 5.16. The summed E-state index contributed by atoms with van der Waals surface area (Å²) >= 11 is 0. The minimum atomic E-state index is -0.110. The predicted octanol–water partition coefficient (Wildman–Crippen LogP) is 1.59. The van der Waals surface area contributed by atoms with Crippen LogP contribution in [0.25, 0.3) is 22.1 Å². The Labute approximate surface area is 109 Å². The standard InChI is InChI=1S/C13H15N5O/c1-7(2)17-13(19)8-4-14-12-10(8)11-9(5-15-12)18(3)6-16-11/h4-7H,1-3H3,(H,14,15)(H,17,19). The second-order valence-electron chi connectivity index (χ2n) is 4.90. The van der Waals surface area contributed by atoms with E-state index in [-0.39, 0.29) is 11.9 Å². The third kappa shape index (κ3) is 1.76. The van der Waals surface area contributed by atoms with Gasteiger partial charge in [0, 0.05) is 19.3 Å². The average molecular weight is 257 g/mol. The zero-order chi connectivity index (χ0) is 13.6. The normalized spacial score (nSPS) is 11.6. The summed E-state index contributed by atoms with van der Waals surface area (Å²) in [6.45, 7) is 3.86. The molecule has 0 fully saturated rings. The number of hydrogen-bond donors (Lipinski definition) is 2. The van der Waals surface area contributed by atoms with Crippen LogP contribution in [0.4, 0.5) is 0 Å². The van der Waals surface area contributed by atoms with Gasteiger partial charge in [0.05, 0.1) is 29.0 Å². The lowest BCUT2D eigenvalue weighted by Crippen LogP contribution is -2.29. The quantitative estimate of drug-likeness (QED) is 0.732. The molecule has 0 aliphatic carbocycles. The molecule has 0 unspecified atom stereocenters. The molecule has 3 aromatic heterocycles. The molecule has 0 saturated heterocycles. The molecule has 0 aromatic carbocycles. The van der Waals surface area contributed by atoms with E-state index in [9.17, 15) is 4.79 Å². The monoisotopic (exact) mass is 257 g/mol. The van der Waals surface area contributed by atoms with Crippen molar-refractivity contribution in [3.8, 4) is 0 Å². The molecular formula is C13H15N5O. The predicted molar refractivity (Wildman–Crippen MR) is 73.0 cm³/mol. The highest BCUT2D eigenvalue weighted by Crippen LogP contribution is 2.24. The van der Waals surface area contributed by atoms with E-state index < -0.39 is 0 Å². The number of amides is 1. The van der Waals surface area contributed by atoms with Crippen molar-refractivity contribution in [3.05, 3.63) is 24.3 Å². The van der Waals surface area contributed by atoms with Gasteiger partial charge >= 0.3 is 0 Å². The Kier molecular flexibility index (Phi) is 2.51. The van der Waals surface area contributed by atoms with Gasteiger partial charge in [0.15, 0.2) is 0 Å². The summed E-state index contributed by atoms with van der Waals surface area (Å²) in [4.78, 5) is 23.9. The molecule has 6 heteroatoms. The van der Waals surface area contributed by atoms with Gasteiger partial charge in [-0.05, 0) is 13.8 Å². The first kappa shape index (κ1) is 11.7. The summed E-state index contributed by atoms with van der Waals surface area (Å²) in [5, 5.41) is 3.66. The number of aromatic amines is 1. The first-order valence-corrected chi connectivity index (χ1v) is 6.16. The van der Waals surface area contributed by atoms with Crippen molar-refractivity contribution in [1.29, 1.82) is 0 Å². The Hall–Kier alpha value is -2.37. The molecule has 0 bridgehead atoms. The molecule has 3 aromatic rings. The van der Waals surface area contributed by atoms with Crippen LogP contribution in [-0.4, -0.2) is 31.5 Å². The van der Waals surface area contributed by atoms with Crippen LogP contribution in [0.1, 0.15) is 24.2 Å². The highest BCUT2D eigenvalue weighted by Gasteiger charge is 2.17. The van der Waals surface area contributed by atoms with Crippen LogP contribution in [0.5, 0.6) is 0 Å². The lowest BCUT2D eigenvalue weighted by Gasteiger charge is -2.07. The van der Waals surface area contributed by atoms with Crippen molar-refractivity contribution in [1.82, 2.24) is 24.8 Å².